The van der Waals surface area contributed by atoms with E-state index in [4.69, 9.17) is 9.72 Å². The second kappa shape index (κ2) is 7.03. The van der Waals surface area contributed by atoms with Crippen molar-refractivity contribution in [1.29, 1.82) is 0 Å². The van der Waals surface area contributed by atoms with Gasteiger partial charge < -0.3 is 9.84 Å². The minimum Gasteiger partial charge on any atom is -0.462 e. The molecular weight excluding hydrogens is 266 g/mol. The van der Waals surface area contributed by atoms with Crippen molar-refractivity contribution in [2.24, 2.45) is 0 Å². The zero-order chi connectivity index (χ0) is 15.4. The molecule has 0 amide bonds. The lowest BCUT2D eigenvalue weighted by molar-refractivity contribution is 0.0523. The number of aliphatic hydroxyl groups is 1. The Morgan fingerprint density at radius 2 is 2.19 bits per heavy atom. The molecule has 4 nitrogen and oxygen atoms in total. The molecule has 1 heterocycles. The molecule has 0 bridgehead atoms. The molecule has 0 radical (unpaired) electrons. The second-order valence-corrected chi connectivity index (χ2v) is 5.81. The van der Waals surface area contributed by atoms with Crippen molar-refractivity contribution in [3.05, 3.63) is 28.6 Å². The molecule has 1 aromatic heterocycles. The summed E-state index contributed by atoms with van der Waals surface area (Å²) in [6.45, 7) is 6.30. The number of esters is 1. The van der Waals surface area contributed by atoms with Gasteiger partial charge in [-0.1, -0.05) is 20.3 Å². The van der Waals surface area contributed by atoms with Crippen molar-refractivity contribution in [1.82, 2.24) is 4.98 Å². The van der Waals surface area contributed by atoms with Crippen molar-refractivity contribution >= 4 is 5.97 Å². The topological polar surface area (TPSA) is 59.4 Å². The minimum atomic E-state index is -0.333. The fourth-order valence-corrected chi connectivity index (χ4v) is 2.74. The first-order valence-corrected chi connectivity index (χ1v) is 7.93. The van der Waals surface area contributed by atoms with Crippen LogP contribution >= 0.6 is 0 Å². The SMILES string of the molecule is CCCC(C)c1nc(C2CC2)c(CO)cc1C(=O)OCC. The minimum absolute atomic E-state index is 0.0757. The Kier molecular flexibility index (Phi) is 5.34. The Morgan fingerprint density at radius 3 is 2.71 bits per heavy atom. The lowest BCUT2D eigenvalue weighted by Gasteiger charge is -2.18. The highest BCUT2D eigenvalue weighted by atomic mass is 16.5. The second-order valence-electron chi connectivity index (χ2n) is 5.81. The highest BCUT2D eigenvalue weighted by Crippen LogP contribution is 2.42. The van der Waals surface area contributed by atoms with Crippen LogP contribution in [0.15, 0.2) is 6.07 Å². The normalized spacial score (nSPS) is 15.8. The molecule has 1 fully saturated rings. The van der Waals surface area contributed by atoms with Crippen LogP contribution in [0.4, 0.5) is 0 Å². The van der Waals surface area contributed by atoms with E-state index in [1.807, 2.05) is 0 Å². The third-order valence-corrected chi connectivity index (χ3v) is 3.98. The third kappa shape index (κ3) is 3.62. The Bertz CT molecular complexity index is 509. The maximum Gasteiger partial charge on any atom is 0.340 e. The summed E-state index contributed by atoms with van der Waals surface area (Å²) >= 11 is 0. The monoisotopic (exact) mass is 291 g/mol. The number of hydrogen-bond acceptors (Lipinski definition) is 4. The van der Waals surface area contributed by atoms with E-state index in [1.54, 1.807) is 13.0 Å². The zero-order valence-electron chi connectivity index (χ0n) is 13.2. The van der Waals surface area contributed by atoms with Crippen LogP contribution in [0.25, 0.3) is 0 Å². The smallest absolute Gasteiger partial charge is 0.340 e. The lowest BCUT2D eigenvalue weighted by atomic mass is 9.95. The standard InChI is InChI=1S/C17H25NO3/c1-4-6-11(3)15-14(17(20)21-5-2)9-13(10-19)16(18-15)12-7-8-12/h9,11-12,19H,4-8,10H2,1-3H3. The van der Waals surface area contributed by atoms with E-state index in [2.05, 4.69) is 13.8 Å². The molecule has 1 atom stereocenters. The Balaban J connectivity index is 2.46. The van der Waals surface area contributed by atoms with E-state index in [1.165, 1.54) is 0 Å². The molecule has 0 aliphatic heterocycles. The van der Waals surface area contributed by atoms with E-state index >= 15 is 0 Å². The predicted molar refractivity (Wildman–Crippen MR) is 81.4 cm³/mol. The van der Waals surface area contributed by atoms with E-state index < -0.39 is 0 Å². The van der Waals surface area contributed by atoms with Crippen LogP contribution in [-0.2, 0) is 11.3 Å². The van der Waals surface area contributed by atoms with Crippen LogP contribution in [0.5, 0.6) is 0 Å². The largest absolute Gasteiger partial charge is 0.462 e. The summed E-state index contributed by atoms with van der Waals surface area (Å²) in [5, 5.41) is 9.57. The quantitative estimate of drug-likeness (QED) is 0.781. The zero-order valence-corrected chi connectivity index (χ0v) is 13.2. The van der Waals surface area contributed by atoms with E-state index in [-0.39, 0.29) is 18.5 Å². The summed E-state index contributed by atoms with van der Waals surface area (Å²) < 4.78 is 5.15. The third-order valence-electron chi connectivity index (χ3n) is 3.98. The molecule has 2 rings (SSSR count). The summed E-state index contributed by atoms with van der Waals surface area (Å²) in [6.07, 6.45) is 4.29. The predicted octanol–water partition coefficient (Wildman–Crippen LogP) is 3.53. The maximum atomic E-state index is 12.2. The lowest BCUT2D eigenvalue weighted by Crippen LogP contribution is -2.15. The first kappa shape index (κ1) is 16.0. The van der Waals surface area contributed by atoms with Gasteiger partial charge in [-0.05, 0) is 38.2 Å². The summed E-state index contributed by atoms with van der Waals surface area (Å²) in [7, 11) is 0. The Hall–Kier alpha value is -1.42. The molecular formula is C17H25NO3. The number of ether oxygens (including phenoxy) is 1. The molecule has 1 aromatic rings. The Morgan fingerprint density at radius 1 is 1.48 bits per heavy atom. The number of carbonyl (C=O) groups excluding carboxylic acids is 1. The molecule has 1 unspecified atom stereocenters. The van der Waals surface area contributed by atoms with Crippen molar-refractivity contribution in [2.75, 3.05) is 6.61 Å². The van der Waals surface area contributed by atoms with Crippen molar-refractivity contribution < 1.29 is 14.6 Å². The fourth-order valence-electron chi connectivity index (χ4n) is 2.74. The van der Waals surface area contributed by atoms with E-state index in [9.17, 15) is 9.90 Å². The number of rotatable bonds is 7. The summed E-state index contributed by atoms with van der Waals surface area (Å²) in [4.78, 5) is 17.0. The molecule has 1 aliphatic rings. The number of nitrogens with zero attached hydrogens (tertiary/aromatic N) is 1. The van der Waals surface area contributed by atoms with Gasteiger partial charge in [0.1, 0.15) is 0 Å². The van der Waals surface area contributed by atoms with Crippen LogP contribution in [-0.4, -0.2) is 22.7 Å². The first-order chi connectivity index (χ1) is 10.1. The van der Waals surface area contributed by atoms with Crippen molar-refractivity contribution in [3.63, 3.8) is 0 Å². The van der Waals surface area contributed by atoms with Gasteiger partial charge >= 0.3 is 5.97 Å². The van der Waals surface area contributed by atoms with E-state index in [0.717, 1.165) is 42.6 Å². The molecule has 0 spiro atoms. The van der Waals surface area contributed by atoms with Crippen LogP contribution in [0.3, 0.4) is 0 Å². The van der Waals surface area contributed by atoms with Gasteiger partial charge in [-0.25, -0.2) is 4.79 Å². The van der Waals surface area contributed by atoms with Crippen molar-refractivity contribution in [3.8, 4) is 0 Å². The van der Waals surface area contributed by atoms with Crippen LogP contribution in [0, 0.1) is 0 Å². The summed E-state index contributed by atoms with van der Waals surface area (Å²) in [6, 6.07) is 1.79. The molecule has 4 heteroatoms. The van der Waals surface area contributed by atoms with Gasteiger partial charge in [0.25, 0.3) is 0 Å². The van der Waals surface area contributed by atoms with Gasteiger partial charge in [0, 0.05) is 17.2 Å². The average molecular weight is 291 g/mol. The number of aliphatic hydroxyl groups excluding tert-OH is 1. The number of aromatic nitrogens is 1. The Labute approximate surface area is 126 Å². The molecule has 116 valence electrons. The van der Waals surface area contributed by atoms with Gasteiger partial charge in [0.2, 0.25) is 0 Å². The number of carbonyl (C=O) groups is 1. The molecule has 1 saturated carbocycles. The number of pyridine rings is 1. The highest BCUT2D eigenvalue weighted by Gasteiger charge is 2.30. The molecule has 1 aliphatic carbocycles. The first-order valence-electron chi connectivity index (χ1n) is 7.93. The van der Waals surface area contributed by atoms with Crippen LogP contribution in [0.2, 0.25) is 0 Å². The molecule has 21 heavy (non-hydrogen) atoms. The van der Waals surface area contributed by atoms with Gasteiger partial charge in [-0.3, -0.25) is 4.98 Å². The van der Waals surface area contributed by atoms with Gasteiger partial charge in [0.05, 0.1) is 24.5 Å². The van der Waals surface area contributed by atoms with Crippen molar-refractivity contribution in [2.45, 2.75) is 64.9 Å². The maximum absolute atomic E-state index is 12.2. The fraction of sp³-hybridized carbons (Fsp3) is 0.647. The summed E-state index contributed by atoms with van der Waals surface area (Å²) in [5.74, 6) is 0.343. The van der Waals surface area contributed by atoms with Gasteiger partial charge in [-0.2, -0.15) is 0 Å². The van der Waals surface area contributed by atoms with Crippen LogP contribution < -0.4 is 0 Å². The average Bonchev–Trinajstić information content (AvgIpc) is 3.31. The number of hydrogen-bond donors (Lipinski definition) is 1. The highest BCUT2D eigenvalue weighted by molar-refractivity contribution is 5.91. The molecule has 0 aromatic carbocycles. The van der Waals surface area contributed by atoms with Gasteiger partial charge in [-0.15, -0.1) is 0 Å². The summed E-state index contributed by atoms with van der Waals surface area (Å²) in [5.41, 5.74) is 3.09. The molecule has 1 N–H and O–H groups in total. The van der Waals surface area contributed by atoms with Gasteiger partial charge in [0.15, 0.2) is 0 Å². The molecule has 0 saturated heterocycles. The van der Waals surface area contributed by atoms with Crippen LogP contribution in [0.1, 0.15) is 85.6 Å². The van der Waals surface area contributed by atoms with E-state index in [0.29, 0.717) is 18.1 Å².